The molecule has 2 aliphatic heterocycles. The second kappa shape index (κ2) is 5.76. The van der Waals surface area contributed by atoms with Crippen molar-refractivity contribution in [3.63, 3.8) is 0 Å². The summed E-state index contributed by atoms with van der Waals surface area (Å²) in [6.07, 6.45) is 1.51. The van der Waals surface area contributed by atoms with Crippen molar-refractivity contribution >= 4 is 31.6 Å². The molecule has 1 aromatic carbocycles. The summed E-state index contributed by atoms with van der Waals surface area (Å²) in [4.78, 5) is 13.1. The molecule has 138 valence electrons. The maximum absolute atomic E-state index is 13.8. The van der Waals surface area contributed by atoms with E-state index in [4.69, 9.17) is 0 Å². The van der Waals surface area contributed by atoms with Crippen LogP contribution in [0.3, 0.4) is 0 Å². The topological polar surface area (TPSA) is 63.2 Å². The summed E-state index contributed by atoms with van der Waals surface area (Å²) >= 11 is 3.18. The van der Waals surface area contributed by atoms with E-state index in [1.165, 1.54) is 6.07 Å². The fourth-order valence-corrected chi connectivity index (χ4v) is 6.39. The molecular weight excluding hydrogens is 421 g/mol. The lowest BCUT2D eigenvalue weighted by atomic mass is 9.69. The molecule has 0 saturated heterocycles. The zero-order valence-electron chi connectivity index (χ0n) is 14.5. The van der Waals surface area contributed by atoms with E-state index in [1.54, 1.807) is 12.1 Å². The minimum atomic E-state index is -3.46. The lowest BCUT2D eigenvalue weighted by Crippen LogP contribution is -2.39. The van der Waals surface area contributed by atoms with Crippen molar-refractivity contribution in [1.29, 1.82) is 0 Å². The number of halogens is 2. The van der Waals surface area contributed by atoms with Gasteiger partial charge in [-0.3, -0.25) is 4.79 Å². The van der Waals surface area contributed by atoms with Gasteiger partial charge in [0.1, 0.15) is 5.82 Å². The third-order valence-electron chi connectivity index (χ3n) is 5.58. The number of hydrogen-bond acceptors (Lipinski definition) is 4. The SMILES string of the molecule is CC1(C)CCC(=O)C2=C1NC1=C([C@@H]2c2ccc(F)c(Br)c2)S(=O)(=O)CC1. The molecule has 0 amide bonds. The normalized spacial score (nSPS) is 26.5. The predicted octanol–water partition coefficient (Wildman–Crippen LogP) is 3.95. The first-order valence-electron chi connectivity index (χ1n) is 8.57. The largest absolute Gasteiger partial charge is 0.361 e. The molecule has 4 nitrogen and oxygen atoms in total. The molecule has 0 aromatic heterocycles. The van der Waals surface area contributed by atoms with E-state index in [1.807, 2.05) is 0 Å². The van der Waals surface area contributed by atoms with Crippen molar-refractivity contribution in [3.8, 4) is 0 Å². The predicted molar refractivity (Wildman–Crippen MR) is 100 cm³/mol. The summed E-state index contributed by atoms with van der Waals surface area (Å²) in [5.74, 6) is -1.09. The molecule has 4 rings (SSSR count). The number of dihydropyridines is 1. The number of carbonyl (C=O) groups excluding carboxylic acids is 1. The molecule has 3 aliphatic rings. The summed E-state index contributed by atoms with van der Waals surface area (Å²) in [5, 5.41) is 3.29. The van der Waals surface area contributed by atoms with Crippen molar-refractivity contribution in [3.05, 3.63) is 55.9 Å². The van der Waals surface area contributed by atoms with Gasteiger partial charge in [0, 0.05) is 35.2 Å². The van der Waals surface area contributed by atoms with Crippen LogP contribution in [0.5, 0.6) is 0 Å². The first kappa shape index (κ1) is 17.9. The molecule has 1 aromatic rings. The molecule has 0 saturated carbocycles. The lowest BCUT2D eigenvalue weighted by molar-refractivity contribution is -0.117. The second-order valence-corrected chi connectivity index (χ2v) is 10.7. The molecule has 2 heterocycles. The van der Waals surface area contributed by atoms with E-state index in [2.05, 4.69) is 35.1 Å². The van der Waals surface area contributed by atoms with E-state index < -0.39 is 21.6 Å². The van der Waals surface area contributed by atoms with E-state index in [-0.39, 0.29) is 26.3 Å². The van der Waals surface area contributed by atoms with Crippen LogP contribution >= 0.6 is 15.9 Å². The number of sulfone groups is 1. The quantitative estimate of drug-likeness (QED) is 0.719. The summed E-state index contributed by atoms with van der Waals surface area (Å²) in [5.41, 5.74) is 2.39. The third-order valence-corrected chi connectivity index (χ3v) is 8.08. The highest BCUT2D eigenvalue weighted by Crippen LogP contribution is 2.51. The minimum Gasteiger partial charge on any atom is -0.361 e. The number of nitrogens with one attached hydrogen (secondary N) is 1. The Bertz CT molecular complexity index is 1010. The molecule has 1 N–H and O–H groups in total. The van der Waals surface area contributed by atoms with Gasteiger partial charge >= 0.3 is 0 Å². The Labute approximate surface area is 160 Å². The number of carbonyl (C=O) groups is 1. The Balaban J connectivity index is 2.00. The summed E-state index contributed by atoms with van der Waals surface area (Å²) < 4.78 is 39.5. The molecule has 0 spiro atoms. The van der Waals surface area contributed by atoms with Gasteiger partial charge in [0.25, 0.3) is 0 Å². The number of ketones is 1. The van der Waals surface area contributed by atoms with Crippen LogP contribution in [-0.4, -0.2) is 20.0 Å². The average Bonchev–Trinajstić information content (AvgIpc) is 2.88. The first-order chi connectivity index (χ1) is 12.1. The zero-order chi connectivity index (χ0) is 18.9. The molecule has 26 heavy (non-hydrogen) atoms. The molecule has 1 aliphatic carbocycles. The molecule has 1 atom stereocenters. The Kier molecular flexibility index (Phi) is 3.97. The standard InChI is InChI=1S/C19H19BrFNO3S/c1-19(2)7-5-14(23)16-15(10-3-4-12(21)11(20)9-10)17-13(22-18(16)19)6-8-26(17,24)25/h3-4,9,15,22H,5-8H2,1-2H3/t15-/m1/s1. The van der Waals surface area contributed by atoms with Crippen molar-refractivity contribution in [2.75, 3.05) is 5.75 Å². The maximum atomic E-state index is 13.8. The van der Waals surface area contributed by atoms with Gasteiger partial charge in [-0.25, -0.2) is 12.8 Å². The van der Waals surface area contributed by atoms with Crippen molar-refractivity contribution in [2.45, 2.75) is 39.0 Å². The van der Waals surface area contributed by atoms with E-state index in [0.717, 1.165) is 5.70 Å². The molecular formula is C19H19BrFNO3S. The number of benzene rings is 1. The molecule has 0 radical (unpaired) electrons. The van der Waals surface area contributed by atoms with Gasteiger partial charge in [0.2, 0.25) is 0 Å². The number of hydrogen-bond donors (Lipinski definition) is 1. The summed E-state index contributed by atoms with van der Waals surface area (Å²) in [6, 6.07) is 4.47. The van der Waals surface area contributed by atoms with Gasteiger partial charge in [-0.05, 0) is 40.0 Å². The van der Waals surface area contributed by atoms with Gasteiger partial charge < -0.3 is 5.32 Å². The summed E-state index contributed by atoms with van der Waals surface area (Å²) in [6.45, 7) is 4.13. The Hall–Kier alpha value is -1.47. The number of allylic oxidation sites excluding steroid dienone is 4. The van der Waals surface area contributed by atoms with Crippen LogP contribution in [0.2, 0.25) is 0 Å². The van der Waals surface area contributed by atoms with Crippen LogP contribution in [0.4, 0.5) is 4.39 Å². The Morgan fingerprint density at radius 2 is 2.00 bits per heavy atom. The molecule has 0 fully saturated rings. The van der Waals surface area contributed by atoms with Crippen LogP contribution in [0.15, 0.2) is 44.5 Å². The van der Waals surface area contributed by atoms with Crippen LogP contribution in [0.25, 0.3) is 0 Å². The highest BCUT2D eigenvalue weighted by molar-refractivity contribution is 9.10. The van der Waals surface area contributed by atoms with Gasteiger partial charge in [0.15, 0.2) is 15.6 Å². The van der Waals surface area contributed by atoms with Crippen molar-refractivity contribution in [1.82, 2.24) is 5.32 Å². The maximum Gasteiger partial charge on any atom is 0.177 e. The van der Waals surface area contributed by atoms with E-state index in [0.29, 0.717) is 36.1 Å². The zero-order valence-corrected chi connectivity index (χ0v) is 16.9. The third kappa shape index (κ3) is 2.59. The fourth-order valence-electron chi connectivity index (χ4n) is 4.16. The number of Topliss-reactive ketones (excluding diaryl/α,β-unsaturated/α-hetero) is 1. The van der Waals surface area contributed by atoms with Crippen LogP contribution in [-0.2, 0) is 14.6 Å². The van der Waals surface area contributed by atoms with Crippen molar-refractivity contribution < 1.29 is 17.6 Å². The van der Waals surface area contributed by atoms with Gasteiger partial charge in [-0.2, -0.15) is 0 Å². The highest BCUT2D eigenvalue weighted by atomic mass is 79.9. The average molecular weight is 440 g/mol. The second-order valence-electron chi connectivity index (χ2n) is 7.74. The van der Waals surface area contributed by atoms with Crippen LogP contribution in [0, 0.1) is 11.2 Å². The highest BCUT2D eigenvalue weighted by Gasteiger charge is 2.48. The fraction of sp³-hybridized carbons (Fsp3) is 0.421. The monoisotopic (exact) mass is 439 g/mol. The molecule has 0 unspecified atom stereocenters. The van der Waals surface area contributed by atoms with E-state index in [9.17, 15) is 17.6 Å². The van der Waals surface area contributed by atoms with Crippen LogP contribution < -0.4 is 5.32 Å². The Morgan fingerprint density at radius 3 is 2.69 bits per heavy atom. The Morgan fingerprint density at radius 1 is 1.27 bits per heavy atom. The van der Waals surface area contributed by atoms with E-state index >= 15 is 0 Å². The molecule has 0 bridgehead atoms. The van der Waals surface area contributed by atoms with Crippen molar-refractivity contribution in [2.24, 2.45) is 5.41 Å². The minimum absolute atomic E-state index is 0.0362. The van der Waals surface area contributed by atoms with Gasteiger partial charge in [-0.15, -0.1) is 0 Å². The molecule has 7 heteroatoms. The summed E-state index contributed by atoms with van der Waals surface area (Å²) in [7, 11) is -3.46. The lowest BCUT2D eigenvalue weighted by Gasteiger charge is -2.41. The number of rotatable bonds is 1. The van der Waals surface area contributed by atoms with Gasteiger partial charge in [-0.1, -0.05) is 19.9 Å². The van der Waals surface area contributed by atoms with Crippen LogP contribution in [0.1, 0.15) is 44.6 Å². The smallest absolute Gasteiger partial charge is 0.177 e. The van der Waals surface area contributed by atoms with Gasteiger partial charge in [0.05, 0.1) is 21.0 Å². The first-order valence-corrected chi connectivity index (χ1v) is 11.0.